The second kappa shape index (κ2) is 10.0. The fourth-order valence-electron chi connectivity index (χ4n) is 4.01. The van der Waals surface area contributed by atoms with E-state index in [1.54, 1.807) is 54.4 Å². The minimum absolute atomic E-state index is 0.185. The number of nitrogens with one attached hydrogen (secondary N) is 1. The van der Waals surface area contributed by atoms with Gasteiger partial charge in [0.25, 0.3) is 5.91 Å². The van der Waals surface area contributed by atoms with Gasteiger partial charge < -0.3 is 10.2 Å². The van der Waals surface area contributed by atoms with E-state index in [1.165, 1.54) is 4.90 Å². The summed E-state index contributed by atoms with van der Waals surface area (Å²) < 4.78 is 41.0. The van der Waals surface area contributed by atoms with Crippen molar-refractivity contribution in [1.29, 1.82) is 0 Å². The van der Waals surface area contributed by atoms with E-state index in [4.69, 9.17) is 5.53 Å². The van der Waals surface area contributed by atoms with Crippen molar-refractivity contribution in [2.75, 3.05) is 11.9 Å². The highest BCUT2D eigenvalue weighted by Gasteiger charge is 2.33. The van der Waals surface area contributed by atoms with Gasteiger partial charge >= 0.3 is 6.03 Å². The first kappa shape index (κ1) is 24.6. The van der Waals surface area contributed by atoms with Gasteiger partial charge in [0.15, 0.2) is 0 Å². The van der Waals surface area contributed by atoms with Crippen LogP contribution in [0.3, 0.4) is 0 Å². The molecule has 36 heavy (non-hydrogen) atoms. The maximum atomic E-state index is 13.9. The number of carbonyl (C=O) groups is 2. The van der Waals surface area contributed by atoms with Gasteiger partial charge in [-0.2, -0.15) is 0 Å². The molecule has 1 heterocycles. The van der Waals surface area contributed by atoms with E-state index < -0.39 is 35.5 Å². The Bertz CT molecular complexity index is 1370. The van der Waals surface area contributed by atoms with Crippen LogP contribution in [0.2, 0.25) is 0 Å². The monoisotopic (exact) mass is 494 g/mol. The molecule has 3 amide bonds. The lowest BCUT2D eigenvalue weighted by molar-refractivity contribution is 0.0950. The Labute approximate surface area is 204 Å². The van der Waals surface area contributed by atoms with E-state index in [2.05, 4.69) is 15.3 Å². The number of nitrogens with zero attached hydrogens (tertiary/aromatic N) is 5. The van der Waals surface area contributed by atoms with Gasteiger partial charge in [-0.1, -0.05) is 35.4 Å². The van der Waals surface area contributed by atoms with Crippen molar-refractivity contribution in [2.24, 2.45) is 5.11 Å². The predicted molar refractivity (Wildman–Crippen MR) is 127 cm³/mol. The first-order valence-corrected chi connectivity index (χ1v) is 10.9. The quantitative estimate of drug-likeness (QED) is 0.254. The molecule has 0 saturated carbocycles. The molecule has 0 radical (unpaired) electrons. The third-order valence-electron chi connectivity index (χ3n) is 6.12. The molecule has 3 aromatic carbocycles. The summed E-state index contributed by atoms with van der Waals surface area (Å²) in [4.78, 5) is 31.8. The number of halogens is 3. The van der Waals surface area contributed by atoms with Crippen LogP contribution in [0.15, 0.2) is 59.7 Å². The van der Waals surface area contributed by atoms with Crippen LogP contribution in [-0.4, -0.2) is 23.9 Å². The second-order valence-electron chi connectivity index (χ2n) is 8.32. The molecule has 0 bridgehead atoms. The van der Waals surface area contributed by atoms with Crippen molar-refractivity contribution in [3.63, 3.8) is 0 Å². The molecular formula is C25H21F3N6O2. The Morgan fingerprint density at radius 2 is 1.75 bits per heavy atom. The molecule has 1 atom stereocenters. The molecular weight excluding hydrogens is 473 g/mol. The number of carbonyl (C=O) groups excluding carboxylic acids is 2. The van der Waals surface area contributed by atoms with Crippen molar-refractivity contribution in [3.8, 4) is 0 Å². The summed E-state index contributed by atoms with van der Waals surface area (Å²) in [5.41, 5.74) is 10.8. The van der Waals surface area contributed by atoms with Crippen LogP contribution in [-0.2, 0) is 13.1 Å². The van der Waals surface area contributed by atoms with Crippen molar-refractivity contribution >= 4 is 23.3 Å². The molecule has 0 aliphatic carbocycles. The lowest BCUT2D eigenvalue weighted by Crippen LogP contribution is -2.46. The predicted octanol–water partition coefficient (Wildman–Crippen LogP) is 6.11. The van der Waals surface area contributed by atoms with E-state index in [-0.39, 0.29) is 24.2 Å². The first-order valence-electron chi connectivity index (χ1n) is 10.9. The van der Waals surface area contributed by atoms with Crippen molar-refractivity contribution < 1.29 is 22.8 Å². The zero-order valence-corrected chi connectivity index (χ0v) is 19.4. The number of benzene rings is 3. The smallest absolute Gasteiger partial charge is 0.325 e. The lowest BCUT2D eigenvalue weighted by atomic mass is 9.98. The Morgan fingerprint density at radius 3 is 2.39 bits per heavy atom. The zero-order chi connectivity index (χ0) is 26.0. The Balaban J connectivity index is 1.61. The van der Waals surface area contributed by atoms with Gasteiger partial charge in [0.2, 0.25) is 0 Å². The standard InChI is InChI=1S/C25H21F3N6O2/c1-14-19-8-5-16(24(35)30-12-20-21(27)10-17(26)11-22(20)28)9-23(19)34(25(36)33(14)2)13-15-3-6-18(7-4-15)31-32-29/h3-11,14H,12-13H2,1-2H3,(H,30,35)/t14-/m0/s1. The molecule has 1 aliphatic heterocycles. The van der Waals surface area contributed by atoms with Crippen molar-refractivity contribution in [3.05, 3.63) is 105 Å². The van der Waals surface area contributed by atoms with Crippen LogP contribution in [0.5, 0.6) is 0 Å². The van der Waals surface area contributed by atoms with Gasteiger partial charge in [0, 0.05) is 47.5 Å². The molecule has 0 aromatic heterocycles. The minimum atomic E-state index is -1.10. The average Bonchev–Trinajstić information content (AvgIpc) is 2.85. The van der Waals surface area contributed by atoms with Crippen LogP contribution in [0, 0.1) is 17.5 Å². The SMILES string of the molecule is C[C@H]1c2ccc(C(=O)NCc3c(F)cc(F)cc3F)cc2N(Cc2ccc(N=[N+]=[N-])cc2)C(=O)N1C. The number of fused-ring (bicyclic) bond motifs is 1. The summed E-state index contributed by atoms with van der Waals surface area (Å²) in [5.74, 6) is -3.86. The summed E-state index contributed by atoms with van der Waals surface area (Å²) in [6.07, 6.45) is 0. The van der Waals surface area contributed by atoms with Gasteiger partial charge in [-0.25, -0.2) is 18.0 Å². The largest absolute Gasteiger partial charge is 0.348 e. The Kier molecular flexibility index (Phi) is 6.84. The number of amides is 3. The van der Waals surface area contributed by atoms with Gasteiger partial charge in [0.1, 0.15) is 17.5 Å². The Hall–Kier alpha value is -4.50. The number of hydrogen-bond donors (Lipinski definition) is 1. The number of anilines is 1. The summed E-state index contributed by atoms with van der Waals surface area (Å²) in [6.45, 7) is 1.58. The van der Waals surface area contributed by atoms with E-state index in [9.17, 15) is 22.8 Å². The average molecular weight is 494 g/mol. The number of azide groups is 1. The highest BCUT2D eigenvalue weighted by molar-refractivity contribution is 5.99. The fourth-order valence-corrected chi connectivity index (χ4v) is 4.01. The van der Waals surface area contributed by atoms with Gasteiger partial charge in [0.05, 0.1) is 18.3 Å². The highest BCUT2D eigenvalue weighted by Crippen LogP contribution is 2.37. The molecule has 11 heteroatoms. The topological polar surface area (TPSA) is 101 Å². The molecule has 0 fully saturated rings. The van der Waals surface area contributed by atoms with Crippen molar-refractivity contribution in [1.82, 2.24) is 10.2 Å². The van der Waals surface area contributed by atoms with Gasteiger partial charge in [-0.3, -0.25) is 9.69 Å². The highest BCUT2D eigenvalue weighted by atomic mass is 19.1. The minimum Gasteiger partial charge on any atom is -0.348 e. The summed E-state index contributed by atoms with van der Waals surface area (Å²) in [6, 6.07) is 12.1. The van der Waals surface area contributed by atoms with E-state index in [0.717, 1.165) is 11.1 Å². The van der Waals surface area contributed by atoms with E-state index in [0.29, 0.717) is 23.5 Å². The van der Waals surface area contributed by atoms with Crippen LogP contribution < -0.4 is 10.2 Å². The molecule has 0 saturated heterocycles. The molecule has 8 nitrogen and oxygen atoms in total. The van der Waals surface area contributed by atoms with E-state index >= 15 is 0 Å². The third-order valence-corrected chi connectivity index (χ3v) is 6.12. The number of urea groups is 1. The fraction of sp³-hybridized carbons (Fsp3) is 0.200. The van der Waals surface area contributed by atoms with Gasteiger partial charge in [-0.15, -0.1) is 0 Å². The molecule has 1 aliphatic rings. The molecule has 4 rings (SSSR count). The van der Waals surface area contributed by atoms with Crippen LogP contribution in [0.25, 0.3) is 10.4 Å². The van der Waals surface area contributed by atoms with Crippen LogP contribution >= 0.6 is 0 Å². The molecule has 184 valence electrons. The summed E-state index contributed by atoms with van der Waals surface area (Å²) >= 11 is 0. The third kappa shape index (κ3) is 4.82. The van der Waals surface area contributed by atoms with Crippen LogP contribution in [0.1, 0.15) is 40.0 Å². The Morgan fingerprint density at radius 1 is 1.08 bits per heavy atom. The molecule has 0 unspecified atom stereocenters. The molecule has 1 N–H and O–H groups in total. The molecule has 3 aromatic rings. The van der Waals surface area contributed by atoms with E-state index in [1.807, 2.05) is 6.92 Å². The maximum Gasteiger partial charge on any atom is 0.325 e. The lowest BCUT2D eigenvalue weighted by Gasteiger charge is -2.39. The van der Waals surface area contributed by atoms with Crippen LogP contribution in [0.4, 0.5) is 29.3 Å². The van der Waals surface area contributed by atoms with Gasteiger partial charge in [-0.05, 0) is 35.7 Å². The zero-order valence-electron chi connectivity index (χ0n) is 19.4. The number of hydrogen-bond acceptors (Lipinski definition) is 3. The summed E-state index contributed by atoms with van der Waals surface area (Å²) in [7, 11) is 1.68. The molecule has 0 spiro atoms. The normalized spacial score (nSPS) is 14.8. The van der Waals surface area contributed by atoms with Crippen molar-refractivity contribution in [2.45, 2.75) is 26.1 Å². The number of rotatable bonds is 6. The maximum absolute atomic E-state index is 13.9. The summed E-state index contributed by atoms with van der Waals surface area (Å²) in [5, 5.41) is 5.98. The second-order valence-corrected chi connectivity index (χ2v) is 8.32. The first-order chi connectivity index (χ1) is 17.2.